The molecule has 6 heteroatoms. The minimum atomic E-state index is -0.806. The average Bonchev–Trinajstić information content (AvgIpc) is 3.39. The number of hydrogen-bond acceptors (Lipinski definition) is 6. The van der Waals surface area contributed by atoms with Crippen molar-refractivity contribution in [2.24, 2.45) is 0 Å². The molecule has 0 aromatic rings. The van der Waals surface area contributed by atoms with Crippen molar-refractivity contribution in [3.8, 4) is 0 Å². The van der Waals surface area contributed by atoms with Gasteiger partial charge in [0.15, 0.2) is 6.10 Å². The molecule has 0 N–H and O–H groups in total. The lowest BCUT2D eigenvalue weighted by molar-refractivity contribution is -0.167. The number of allylic oxidation sites excluding steroid dienone is 12. The summed E-state index contributed by atoms with van der Waals surface area (Å²) in [5.74, 6) is -0.945. The van der Waals surface area contributed by atoms with Crippen LogP contribution >= 0.6 is 0 Å². The molecule has 1 unspecified atom stereocenters. The van der Waals surface area contributed by atoms with Crippen LogP contribution < -0.4 is 0 Å². The van der Waals surface area contributed by atoms with Crippen molar-refractivity contribution < 1.29 is 28.6 Å². The van der Waals surface area contributed by atoms with Gasteiger partial charge in [-0.3, -0.25) is 14.4 Å². The molecule has 0 bridgehead atoms. The quantitative estimate of drug-likeness (QED) is 0.0261. The van der Waals surface area contributed by atoms with E-state index in [1.165, 1.54) is 193 Å². The summed E-state index contributed by atoms with van der Waals surface area (Å²) in [5, 5.41) is 0. The molecule has 0 aromatic carbocycles. The molecule has 0 aliphatic carbocycles. The van der Waals surface area contributed by atoms with Crippen molar-refractivity contribution in [3.63, 3.8) is 0 Å². The lowest BCUT2D eigenvalue weighted by Crippen LogP contribution is -2.30. The van der Waals surface area contributed by atoms with Crippen LogP contribution in [0.2, 0.25) is 0 Å². The second kappa shape index (κ2) is 61.4. The fourth-order valence-electron chi connectivity index (χ4n) is 9.00. The van der Waals surface area contributed by atoms with E-state index in [0.717, 1.165) is 77.0 Å². The summed E-state index contributed by atoms with van der Waals surface area (Å²) in [4.78, 5) is 38.3. The lowest BCUT2D eigenvalue weighted by Gasteiger charge is -2.18. The molecule has 0 aromatic heterocycles. The lowest BCUT2D eigenvalue weighted by atomic mass is 10.0. The van der Waals surface area contributed by atoms with Crippen LogP contribution in [0.3, 0.4) is 0 Å². The summed E-state index contributed by atoms with van der Waals surface area (Å²) < 4.78 is 16.9. The van der Waals surface area contributed by atoms with Crippen molar-refractivity contribution in [1.82, 2.24) is 0 Å². The molecule has 0 amide bonds. The zero-order valence-electron chi connectivity index (χ0n) is 48.4. The van der Waals surface area contributed by atoms with E-state index in [0.29, 0.717) is 19.3 Å². The predicted molar refractivity (Wildman–Crippen MR) is 316 cm³/mol. The van der Waals surface area contributed by atoms with Gasteiger partial charge in [-0.2, -0.15) is 0 Å². The fourth-order valence-corrected chi connectivity index (χ4v) is 9.00. The maximum atomic E-state index is 12.9. The zero-order chi connectivity index (χ0) is 52.9. The summed E-state index contributed by atoms with van der Waals surface area (Å²) in [6, 6.07) is 0. The summed E-state index contributed by atoms with van der Waals surface area (Å²) in [5.41, 5.74) is 0. The summed E-state index contributed by atoms with van der Waals surface area (Å²) in [6.07, 6.45) is 79.1. The van der Waals surface area contributed by atoms with Crippen molar-refractivity contribution in [2.45, 2.75) is 322 Å². The Morgan fingerprint density at radius 2 is 0.548 bits per heavy atom. The third-order valence-electron chi connectivity index (χ3n) is 13.7. The molecular formula is C67H118O6. The van der Waals surface area contributed by atoms with Gasteiger partial charge in [0.05, 0.1) is 0 Å². The smallest absolute Gasteiger partial charge is 0.306 e. The van der Waals surface area contributed by atoms with E-state index in [1.807, 2.05) is 0 Å². The van der Waals surface area contributed by atoms with Crippen LogP contribution in [0, 0.1) is 0 Å². The van der Waals surface area contributed by atoms with E-state index in [4.69, 9.17) is 14.2 Å². The number of carbonyl (C=O) groups excluding carboxylic acids is 3. The van der Waals surface area contributed by atoms with Crippen LogP contribution in [-0.4, -0.2) is 37.2 Å². The highest BCUT2D eigenvalue weighted by Crippen LogP contribution is 2.17. The maximum Gasteiger partial charge on any atom is 0.306 e. The number of ether oxygens (including phenoxy) is 3. The Kier molecular flexibility index (Phi) is 58.7. The molecule has 422 valence electrons. The maximum absolute atomic E-state index is 12.9. The molecule has 0 spiro atoms. The van der Waals surface area contributed by atoms with Crippen LogP contribution in [0.25, 0.3) is 0 Å². The third kappa shape index (κ3) is 59.6. The van der Waals surface area contributed by atoms with Crippen molar-refractivity contribution in [1.29, 1.82) is 0 Å². The van der Waals surface area contributed by atoms with Gasteiger partial charge >= 0.3 is 17.9 Å². The Bertz CT molecular complexity index is 1360. The first-order chi connectivity index (χ1) is 36.0. The van der Waals surface area contributed by atoms with Gasteiger partial charge in [-0.15, -0.1) is 0 Å². The average molecular weight is 1020 g/mol. The number of rotatable bonds is 57. The SMILES string of the molecule is CC/C=C\C/C=C\C/C=C\C/C=C\C/C=C\CCCC(=O)OC(COC(=O)CCCCCCCCC/C=C\CCCCCCCC)COC(=O)CCCCCCCCCCCCCCCCCCCCCCC. The zero-order valence-corrected chi connectivity index (χ0v) is 48.4. The monoisotopic (exact) mass is 1020 g/mol. The summed E-state index contributed by atoms with van der Waals surface area (Å²) >= 11 is 0. The highest BCUT2D eigenvalue weighted by molar-refractivity contribution is 5.71. The van der Waals surface area contributed by atoms with Crippen LogP contribution in [0.1, 0.15) is 316 Å². The second-order valence-electron chi connectivity index (χ2n) is 20.9. The van der Waals surface area contributed by atoms with Crippen LogP contribution in [0.4, 0.5) is 0 Å². The molecule has 0 aliphatic rings. The van der Waals surface area contributed by atoms with E-state index in [2.05, 4.69) is 93.7 Å². The molecule has 0 radical (unpaired) electrons. The molecule has 0 aliphatic heterocycles. The van der Waals surface area contributed by atoms with Gasteiger partial charge in [-0.25, -0.2) is 0 Å². The Hall–Kier alpha value is -3.15. The molecule has 0 saturated carbocycles. The molecule has 73 heavy (non-hydrogen) atoms. The van der Waals surface area contributed by atoms with E-state index < -0.39 is 6.10 Å². The first-order valence-electron chi connectivity index (χ1n) is 31.4. The van der Waals surface area contributed by atoms with Crippen molar-refractivity contribution in [2.75, 3.05) is 13.2 Å². The molecular weight excluding hydrogens is 901 g/mol. The van der Waals surface area contributed by atoms with Crippen LogP contribution in [-0.2, 0) is 28.6 Å². The molecule has 1 atom stereocenters. The topological polar surface area (TPSA) is 78.9 Å². The van der Waals surface area contributed by atoms with Gasteiger partial charge < -0.3 is 14.2 Å². The standard InChI is InChI=1S/C67H118O6/c1-4-7-10-13-16-19-22-25-28-31-32-33-34-37-39-42-45-48-51-54-57-60-66(69)72-63-64(73-67(70)61-58-55-52-49-46-43-40-36-30-27-24-21-18-15-12-9-6-3)62-71-65(68)59-56-53-50-47-44-41-38-35-29-26-23-20-17-14-11-8-5-2/h9,12,18,21,26-27,29-30,40,43,49,52,64H,4-8,10-11,13-17,19-20,22-25,28,31-39,41-42,44-48,50-51,53-63H2,1-3H3/b12-9-,21-18-,29-26-,30-27-,43-40-,52-49-. The third-order valence-corrected chi connectivity index (χ3v) is 13.7. The Morgan fingerprint density at radius 1 is 0.288 bits per heavy atom. The van der Waals surface area contributed by atoms with Crippen LogP contribution in [0.15, 0.2) is 72.9 Å². The highest BCUT2D eigenvalue weighted by atomic mass is 16.6. The Labute approximate surface area is 453 Å². The van der Waals surface area contributed by atoms with E-state index in [1.54, 1.807) is 0 Å². The first-order valence-corrected chi connectivity index (χ1v) is 31.4. The van der Waals surface area contributed by atoms with Gasteiger partial charge in [0.25, 0.3) is 0 Å². The molecule has 0 saturated heterocycles. The highest BCUT2D eigenvalue weighted by Gasteiger charge is 2.19. The van der Waals surface area contributed by atoms with Crippen molar-refractivity contribution in [3.05, 3.63) is 72.9 Å². The Morgan fingerprint density at radius 3 is 0.890 bits per heavy atom. The number of carbonyl (C=O) groups is 3. The van der Waals surface area contributed by atoms with Gasteiger partial charge in [0.2, 0.25) is 0 Å². The van der Waals surface area contributed by atoms with E-state index in [-0.39, 0.29) is 37.5 Å². The largest absolute Gasteiger partial charge is 0.462 e. The van der Waals surface area contributed by atoms with Gasteiger partial charge in [0.1, 0.15) is 13.2 Å². The van der Waals surface area contributed by atoms with Gasteiger partial charge in [0, 0.05) is 19.3 Å². The van der Waals surface area contributed by atoms with Gasteiger partial charge in [-0.1, -0.05) is 286 Å². The first kappa shape index (κ1) is 69.8. The minimum Gasteiger partial charge on any atom is -0.462 e. The second-order valence-corrected chi connectivity index (χ2v) is 20.9. The minimum absolute atomic E-state index is 0.0964. The molecule has 6 nitrogen and oxygen atoms in total. The fraction of sp³-hybridized carbons (Fsp3) is 0.776. The molecule has 0 fully saturated rings. The van der Waals surface area contributed by atoms with E-state index >= 15 is 0 Å². The van der Waals surface area contributed by atoms with Gasteiger partial charge in [-0.05, 0) is 83.5 Å². The normalized spacial score (nSPS) is 12.5. The Balaban J connectivity index is 4.40. The summed E-state index contributed by atoms with van der Waals surface area (Å²) in [7, 11) is 0. The number of esters is 3. The van der Waals surface area contributed by atoms with Crippen molar-refractivity contribution >= 4 is 17.9 Å². The molecule has 0 rings (SSSR count). The summed E-state index contributed by atoms with van der Waals surface area (Å²) in [6.45, 7) is 6.51. The predicted octanol–water partition coefficient (Wildman–Crippen LogP) is 21.3. The number of hydrogen-bond donors (Lipinski definition) is 0. The van der Waals surface area contributed by atoms with Crippen LogP contribution in [0.5, 0.6) is 0 Å². The van der Waals surface area contributed by atoms with E-state index in [9.17, 15) is 14.4 Å². The molecule has 0 heterocycles. The number of unbranched alkanes of at least 4 members (excludes halogenated alkanes) is 34.